The fourth-order valence-electron chi connectivity index (χ4n) is 4.72. The average molecular weight is 450 g/mol. The van der Waals surface area contributed by atoms with Crippen molar-refractivity contribution in [1.82, 2.24) is 15.5 Å². The predicted octanol–water partition coefficient (Wildman–Crippen LogP) is 5.16. The molecule has 1 aliphatic heterocycles. The van der Waals surface area contributed by atoms with Crippen LogP contribution in [0, 0.1) is 11.8 Å². The van der Waals surface area contributed by atoms with Gasteiger partial charge in [0.15, 0.2) is 0 Å². The topological polar surface area (TPSA) is 61.4 Å². The second-order valence-electron chi connectivity index (χ2n) is 9.67. The van der Waals surface area contributed by atoms with Gasteiger partial charge in [-0.25, -0.2) is 4.79 Å². The highest BCUT2D eigenvalue weighted by Crippen LogP contribution is 2.21. The number of amides is 3. The van der Waals surface area contributed by atoms with Gasteiger partial charge >= 0.3 is 6.03 Å². The molecular formula is C28H39N3O2. The number of nitrogens with zero attached hydrogens (tertiary/aromatic N) is 1. The molecule has 5 nitrogen and oxygen atoms in total. The van der Waals surface area contributed by atoms with Crippen molar-refractivity contribution in [1.29, 1.82) is 0 Å². The van der Waals surface area contributed by atoms with Gasteiger partial charge < -0.3 is 15.5 Å². The van der Waals surface area contributed by atoms with E-state index >= 15 is 0 Å². The Bertz CT molecular complexity index is 856. The number of rotatable bonds is 4. The summed E-state index contributed by atoms with van der Waals surface area (Å²) in [4.78, 5) is 27.8. The van der Waals surface area contributed by atoms with Gasteiger partial charge in [0.2, 0.25) is 5.91 Å². The lowest BCUT2D eigenvalue weighted by Gasteiger charge is -2.29. The molecule has 1 saturated heterocycles. The van der Waals surface area contributed by atoms with E-state index in [1.54, 1.807) is 0 Å². The molecule has 1 aliphatic rings. The summed E-state index contributed by atoms with van der Waals surface area (Å²) in [6.45, 7) is 6.23. The SMILES string of the molecule is CC1CCCN(C(=O)NCc2ccccc2)CC(Cc2ccccc2)NC(=O)CC[C@H](C)C1. The van der Waals surface area contributed by atoms with Crippen LogP contribution in [0.2, 0.25) is 0 Å². The molecule has 2 aromatic rings. The maximum Gasteiger partial charge on any atom is 0.317 e. The Labute approximate surface area is 199 Å². The minimum Gasteiger partial charge on any atom is -0.351 e. The summed E-state index contributed by atoms with van der Waals surface area (Å²) in [7, 11) is 0. The molecule has 0 aromatic heterocycles. The average Bonchev–Trinajstić information content (AvgIpc) is 2.82. The van der Waals surface area contributed by atoms with Gasteiger partial charge in [-0.1, -0.05) is 74.5 Å². The highest BCUT2D eigenvalue weighted by atomic mass is 16.2. The van der Waals surface area contributed by atoms with E-state index in [4.69, 9.17) is 0 Å². The zero-order valence-electron chi connectivity index (χ0n) is 20.1. The Morgan fingerprint density at radius 1 is 0.970 bits per heavy atom. The lowest BCUT2D eigenvalue weighted by atomic mass is 9.90. The highest BCUT2D eigenvalue weighted by Gasteiger charge is 2.22. The normalized spacial score (nSPS) is 22.9. The summed E-state index contributed by atoms with van der Waals surface area (Å²) in [5.74, 6) is 1.21. The number of hydrogen-bond acceptors (Lipinski definition) is 2. The minimum absolute atomic E-state index is 0.0675. The molecule has 2 N–H and O–H groups in total. The first-order valence-corrected chi connectivity index (χ1v) is 12.4. The summed E-state index contributed by atoms with van der Waals surface area (Å²) in [5, 5.41) is 6.31. The van der Waals surface area contributed by atoms with Crippen molar-refractivity contribution in [3.05, 3.63) is 71.8 Å². The Hall–Kier alpha value is -2.82. The minimum atomic E-state index is -0.115. The molecule has 0 saturated carbocycles. The Kier molecular flexibility index (Phi) is 9.79. The van der Waals surface area contributed by atoms with Crippen molar-refractivity contribution in [3.8, 4) is 0 Å². The van der Waals surface area contributed by atoms with Crippen molar-refractivity contribution in [2.24, 2.45) is 11.8 Å². The van der Waals surface area contributed by atoms with E-state index in [9.17, 15) is 9.59 Å². The zero-order chi connectivity index (χ0) is 23.5. The number of carbonyl (C=O) groups excluding carboxylic acids is 2. The molecule has 0 aliphatic carbocycles. The van der Waals surface area contributed by atoms with E-state index in [2.05, 4.69) is 36.6 Å². The number of carbonyl (C=O) groups is 2. The van der Waals surface area contributed by atoms with Crippen LogP contribution in [0.25, 0.3) is 0 Å². The maximum absolute atomic E-state index is 13.2. The summed E-state index contributed by atoms with van der Waals surface area (Å²) in [6.07, 6.45) is 5.35. The molecule has 0 radical (unpaired) electrons. The van der Waals surface area contributed by atoms with Gasteiger partial charge in [-0.15, -0.1) is 0 Å². The lowest BCUT2D eigenvalue weighted by Crippen LogP contribution is -2.50. The summed E-state index contributed by atoms with van der Waals surface area (Å²) < 4.78 is 0. The van der Waals surface area contributed by atoms with Crippen LogP contribution in [-0.2, 0) is 17.8 Å². The molecule has 2 unspecified atom stereocenters. The van der Waals surface area contributed by atoms with Crippen LogP contribution >= 0.6 is 0 Å². The molecule has 5 heteroatoms. The molecular weight excluding hydrogens is 410 g/mol. The third-order valence-corrected chi connectivity index (χ3v) is 6.50. The van der Waals surface area contributed by atoms with E-state index < -0.39 is 0 Å². The Morgan fingerprint density at radius 3 is 2.30 bits per heavy atom. The fourth-order valence-corrected chi connectivity index (χ4v) is 4.72. The summed E-state index contributed by atoms with van der Waals surface area (Å²) in [5.41, 5.74) is 2.24. The first kappa shape index (κ1) is 24.8. The molecule has 33 heavy (non-hydrogen) atoms. The second-order valence-corrected chi connectivity index (χ2v) is 9.67. The molecule has 3 rings (SSSR count). The van der Waals surface area contributed by atoms with E-state index in [0.29, 0.717) is 44.3 Å². The van der Waals surface area contributed by atoms with E-state index in [0.717, 1.165) is 31.2 Å². The Morgan fingerprint density at radius 2 is 1.61 bits per heavy atom. The van der Waals surface area contributed by atoms with Gasteiger partial charge in [0.1, 0.15) is 0 Å². The van der Waals surface area contributed by atoms with Crippen LogP contribution in [0.15, 0.2) is 60.7 Å². The predicted molar refractivity (Wildman–Crippen MR) is 134 cm³/mol. The molecule has 3 amide bonds. The second kappa shape index (κ2) is 13.0. The summed E-state index contributed by atoms with van der Waals surface area (Å²) >= 11 is 0. The van der Waals surface area contributed by atoms with Crippen molar-refractivity contribution in [3.63, 3.8) is 0 Å². The molecule has 1 fully saturated rings. The monoisotopic (exact) mass is 449 g/mol. The smallest absolute Gasteiger partial charge is 0.317 e. The Balaban J connectivity index is 1.73. The first-order chi connectivity index (χ1) is 16.0. The highest BCUT2D eigenvalue weighted by molar-refractivity contribution is 5.77. The number of nitrogens with one attached hydrogen (secondary N) is 2. The van der Waals surface area contributed by atoms with Crippen LogP contribution in [0.1, 0.15) is 57.1 Å². The van der Waals surface area contributed by atoms with Crippen molar-refractivity contribution < 1.29 is 9.59 Å². The van der Waals surface area contributed by atoms with Crippen molar-refractivity contribution in [2.75, 3.05) is 13.1 Å². The van der Waals surface area contributed by atoms with E-state index in [1.807, 2.05) is 53.4 Å². The van der Waals surface area contributed by atoms with Crippen LogP contribution < -0.4 is 10.6 Å². The van der Waals surface area contributed by atoms with Gasteiger partial charge in [-0.05, 0) is 55.1 Å². The van der Waals surface area contributed by atoms with Crippen LogP contribution in [0.5, 0.6) is 0 Å². The number of urea groups is 1. The molecule has 0 spiro atoms. The molecule has 3 atom stereocenters. The van der Waals surface area contributed by atoms with Gasteiger partial charge in [0.25, 0.3) is 0 Å². The quantitative estimate of drug-likeness (QED) is 0.677. The van der Waals surface area contributed by atoms with E-state index in [-0.39, 0.29) is 18.0 Å². The summed E-state index contributed by atoms with van der Waals surface area (Å²) in [6, 6.07) is 20.0. The number of benzene rings is 2. The fraction of sp³-hybridized carbons (Fsp3) is 0.500. The number of hydrogen-bond donors (Lipinski definition) is 2. The molecule has 1 heterocycles. The van der Waals surface area contributed by atoms with E-state index in [1.165, 1.54) is 5.56 Å². The van der Waals surface area contributed by atoms with Gasteiger partial charge in [-0.3, -0.25) is 4.79 Å². The lowest BCUT2D eigenvalue weighted by molar-refractivity contribution is -0.122. The first-order valence-electron chi connectivity index (χ1n) is 12.4. The molecule has 2 aromatic carbocycles. The standard InChI is InChI=1S/C28H39N3O2/c1-22-10-9-17-31(28(33)29-20-25-13-7-4-8-14-25)21-26(19-24-11-5-3-6-12-24)30-27(32)16-15-23(2)18-22/h3-8,11-14,22-23,26H,9-10,15-21H2,1-2H3,(H,29,33)(H,30,32)/t22?,23-,26?/m0/s1. The van der Waals surface area contributed by atoms with Crippen LogP contribution in [-0.4, -0.2) is 36.0 Å². The zero-order valence-corrected chi connectivity index (χ0v) is 20.1. The van der Waals surface area contributed by atoms with Crippen molar-refractivity contribution in [2.45, 2.75) is 65.0 Å². The molecule has 0 bridgehead atoms. The van der Waals surface area contributed by atoms with Gasteiger partial charge in [-0.2, -0.15) is 0 Å². The third kappa shape index (κ3) is 8.91. The molecule has 178 valence electrons. The largest absolute Gasteiger partial charge is 0.351 e. The van der Waals surface area contributed by atoms with Crippen LogP contribution in [0.3, 0.4) is 0 Å². The third-order valence-electron chi connectivity index (χ3n) is 6.50. The van der Waals surface area contributed by atoms with Gasteiger partial charge in [0.05, 0.1) is 6.04 Å². The van der Waals surface area contributed by atoms with Crippen molar-refractivity contribution >= 4 is 11.9 Å². The van der Waals surface area contributed by atoms with Crippen LogP contribution in [0.4, 0.5) is 4.79 Å². The maximum atomic E-state index is 13.2. The van der Waals surface area contributed by atoms with Gasteiger partial charge in [0, 0.05) is 26.1 Å².